The third-order valence-electron chi connectivity index (χ3n) is 4.38. The molecule has 0 radical (unpaired) electrons. The molecule has 0 bridgehead atoms. The number of piperidine rings is 1. The highest BCUT2D eigenvalue weighted by molar-refractivity contribution is 7.89. The molecule has 1 spiro atoms. The summed E-state index contributed by atoms with van der Waals surface area (Å²) in [4.78, 5) is 11.6. The van der Waals surface area contributed by atoms with Gasteiger partial charge in [0.1, 0.15) is 0 Å². The molecule has 6 nitrogen and oxygen atoms in total. The van der Waals surface area contributed by atoms with Crippen molar-refractivity contribution in [3.8, 4) is 0 Å². The normalized spacial score (nSPS) is 22.1. The Kier molecular flexibility index (Phi) is 4.55. The Balaban J connectivity index is 1.76. The van der Waals surface area contributed by atoms with Gasteiger partial charge in [-0.3, -0.25) is 4.79 Å². The van der Waals surface area contributed by atoms with Crippen LogP contribution in [0.2, 0.25) is 0 Å². The van der Waals surface area contributed by atoms with Crippen LogP contribution in [0.4, 0.5) is 0 Å². The average Bonchev–Trinajstić information content (AvgIpc) is 2.56. The van der Waals surface area contributed by atoms with Crippen molar-refractivity contribution in [3.63, 3.8) is 0 Å². The Morgan fingerprint density at radius 2 is 1.83 bits per heavy atom. The highest BCUT2D eigenvalue weighted by atomic mass is 32.2. The van der Waals surface area contributed by atoms with E-state index in [9.17, 15) is 13.2 Å². The van der Waals surface area contributed by atoms with E-state index >= 15 is 0 Å². The number of nitrogens with zero attached hydrogens (tertiary/aromatic N) is 1. The lowest BCUT2D eigenvalue weighted by atomic mass is 10.0. The van der Waals surface area contributed by atoms with Crippen molar-refractivity contribution >= 4 is 15.8 Å². The van der Waals surface area contributed by atoms with Crippen LogP contribution in [0.3, 0.4) is 0 Å². The quantitative estimate of drug-likeness (QED) is 0.785. The summed E-state index contributed by atoms with van der Waals surface area (Å²) in [5.74, 6) is -0.769. The molecule has 2 aliphatic heterocycles. The van der Waals surface area contributed by atoms with E-state index < -0.39 is 15.8 Å². The Hall–Kier alpha value is -1.28. The van der Waals surface area contributed by atoms with E-state index in [1.54, 1.807) is 12.1 Å². The standard InChI is InChI=1S/C16H21NO5S/c1-13(18)14-4-2-5-15(12-14)23(19,20)17-8-6-16(7-9-17)21-10-3-11-22-16/h2,4-5,12H,3,6-11H2,1H3. The molecule has 0 unspecified atom stereocenters. The lowest BCUT2D eigenvalue weighted by Crippen LogP contribution is -2.51. The van der Waals surface area contributed by atoms with E-state index in [2.05, 4.69) is 0 Å². The molecule has 2 aliphatic rings. The zero-order valence-corrected chi connectivity index (χ0v) is 14.0. The second-order valence-electron chi connectivity index (χ2n) is 5.95. The van der Waals surface area contributed by atoms with Crippen molar-refractivity contribution in [2.45, 2.75) is 36.9 Å². The van der Waals surface area contributed by atoms with Gasteiger partial charge in [-0.25, -0.2) is 8.42 Å². The largest absolute Gasteiger partial charge is 0.350 e. The first-order valence-corrected chi connectivity index (χ1v) is 9.26. The second kappa shape index (κ2) is 6.32. The fraction of sp³-hybridized carbons (Fsp3) is 0.562. The number of ketones is 1. The van der Waals surface area contributed by atoms with Crippen molar-refractivity contribution in [1.29, 1.82) is 0 Å². The predicted molar refractivity (Wildman–Crippen MR) is 83.7 cm³/mol. The summed E-state index contributed by atoms with van der Waals surface area (Å²) in [6.45, 7) is 3.45. The summed E-state index contributed by atoms with van der Waals surface area (Å²) in [7, 11) is -3.60. The van der Waals surface area contributed by atoms with Gasteiger partial charge in [-0.05, 0) is 25.5 Å². The van der Waals surface area contributed by atoms with Crippen LogP contribution in [-0.2, 0) is 19.5 Å². The highest BCUT2D eigenvalue weighted by Gasteiger charge is 2.41. The van der Waals surface area contributed by atoms with Gasteiger partial charge < -0.3 is 9.47 Å². The molecule has 23 heavy (non-hydrogen) atoms. The van der Waals surface area contributed by atoms with Gasteiger partial charge >= 0.3 is 0 Å². The predicted octanol–water partition coefficient (Wildman–Crippen LogP) is 1.81. The molecule has 0 atom stereocenters. The summed E-state index contributed by atoms with van der Waals surface area (Å²) in [5.41, 5.74) is 0.401. The number of hydrogen-bond acceptors (Lipinski definition) is 5. The Morgan fingerprint density at radius 3 is 2.43 bits per heavy atom. The van der Waals surface area contributed by atoms with Crippen LogP contribution in [0.15, 0.2) is 29.2 Å². The fourth-order valence-electron chi connectivity index (χ4n) is 3.00. The van der Waals surface area contributed by atoms with E-state index in [-0.39, 0.29) is 10.7 Å². The molecule has 1 aromatic carbocycles. The number of benzene rings is 1. The van der Waals surface area contributed by atoms with Gasteiger partial charge in [0.15, 0.2) is 11.6 Å². The lowest BCUT2D eigenvalue weighted by Gasteiger charge is -2.42. The molecular formula is C16H21NO5S. The van der Waals surface area contributed by atoms with Crippen LogP contribution in [-0.4, -0.2) is 50.6 Å². The monoisotopic (exact) mass is 339 g/mol. The Labute approximate surface area is 136 Å². The van der Waals surface area contributed by atoms with Crippen LogP contribution in [0.25, 0.3) is 0 Å². The number of carbonyl (C=O) groups excluding carboxylic acids is 1. The molecule has 3 rings (SSSR count). The third-order valence-corrected chi connectivity index (χ3v) is 6.28. The van der Waals surface area contributed by atoms with E-state index in [0.717, 1.165) is 6.42 Å². The molecule has 1 aromatic rings. The summed E-state index contributed by atoms with van der Waals surface area (Å²) in [5, 5.41) is 0. The number of hydrogen-bond donors (Lipinski definition) is 0. The highest BCUT2D eigenvalue weighted by Crippen LogP contribution is 2.33. The molecular weight excluding hydrogens is 318 g/mol. The minimum Gasteiger partial charge on any atom is -0.350 e. The van der Waals surface area contributed by atoms with Crippen molar-refractivity contribution in [2.75, 3.05) is 26.3 Å². The first-order valence-electron chi connectivity index (χ1n) is 7.82. The molecule has 7 heteroatoms. The van der Waals surface area contributed by atoms with Crippen LogP contribution in [0.5, 0.6) is 0 Å². The van der Waals surface area contributed by atoms with Crippen LogP contribution < -0.4 is 0 Å². The van der Waals surface area contributed by atoms with Crippen molar-refractivity contribution in [1.82, 2.24) is 4.31 Å². The molecule has 0 saturated carbocycles. The van der Waals surface area contributed by atoms with E-state index in [1.165, 1.54) is 23.4 Å². The molecule has 2 fully saturated rings. The molecule has 2 heterocycles. The SMILES string of the molecule is CC(=O)c1cccc(S(=O)(=O)N2CCC3(CC2)OCCCO3)c1. The van der Waals surface area contributed by atoms with E-state index in [4.69, 9.17) is 9.47 Å². The topological polar surface area (TPSA) is 72.9 Å². The third kappa shape index (κ3) is 3.33. The van der Waals surface area contributed by atoms with Gasteiger partial charge in [0, 0.05) is 31.5 Å². The van der Waals surface area contributed by atoms with Gasteiger partial charge in [-0.1, -0.05) is 12.1 Å². The van der Waals surface area contributed by atoms with Crippen LogP contribution >= 0.6 is 0 Å². The van der Waals surface area contributed by atoms with Gasteiger partial charge in [0.2, 0.25) is 10.0 Å². The summed E-state index contributed by atoms with van der Waals surface area (Å²) < 4.78 is 38.4. The van der Waals surface area contributed by atoms with Crippen LogP contribution in [0.1, 0.15) is 36.5 Å². The average molecular weight is 339 g/mol. The maximum Gasteiger partial charge on any atom is 0.243 e. The zero-order chi connectivity index (χ0) is 16.5. The molecule has 2 saturated heterocycles. The van der Waals surface area contributed by atoms with Crippen LogP contribution in [0, 0.1) is 0 Å². The van der Waals surface area contributed by atoms with Gasteiger partial charge in [-0.15, -0.1) is 0 Å². The van der Waals surface area contributed by atoms with E-state index in [0.29, 0.717) is 44.7 Å². The van der Waals surface area contributed by atoms with Gasteiger partial charge in [-0.2, -0.15) is 4.31 Å². The Bertz CT molecular complexity index is 684. The zero-order valence-electron chi connectivity index (χ0n) is 13.2. The molecule has 0 N–H and O–H groups in total. The van der Waals surface area contributed by atoms with Crippen molar-refractivity contribution in [3.05, 3.63) is 29.8 Å². The molecule has 0 amide bonds. The number of rotatable bonds is 3. The maximum absolute atomic E-state index is 12.8. The smallest absolute Gasteiger partial charge is 0.243 e. The first kappa shape index (κ1) is 16.6. The summed E-state index contributed by atoms with van der Waals surface area (Å²) in [6, 6.07) is 6.19. The maximum atomic E-state index is 12.8. The number of Topliss-reactive ketones (excluding diaryl/α,β-unsaturated/α-hetero) is 1. The minimum absolute atomic E-state index is 0.149. The van der Waals surface area contributed by atoms with Crippen molar-refractivity contribution in [2.24, 2.45) is 0 Å². The summed E-state index contributed by atoms with van der Waals surface area (Å²) in [6.07, 6.45) is 1.93. The molecule has 126 valence electrons. The number of carbonyl (C=O) groups is 1. The number of ether oxygens (including phenoxy) is 2. The van der Waals surface area contributed by atoms with E-state index in [1.807, 2.05) is 0 Å². The Morgan fingerprint density at radius 1 is 1.17 bits per heavy atom. The minimum atomic E-state index is -3.60. The second-order valence-corrected chi connectivity index (χ2v) is 7.89. The number of sulfonamides is 1. The first-order chi connectivity index (χ1) is 10.9. The van der Waals surface area contributed by atoms with Gasteiger partial charge in [0.05, 0.1) is 18.1 Å². The molecule has 0 aromatic heterocycles. The van der Waals surface area contributed by atoms with Gasteiger partial charge in [0.25, 0.3) is 0 Å². The lowest BCUT2D eigenvalue weighted by molar-refractivity contribution is -0.280. The molecule has 0 aliphatic carbocycles. The summed E-state index contributed by atoms with van der Waals surface area (Å²) >= 11 is 0. The fourth-order valence-corrected chi connectivity index (χ4v) is 4.49. The van der Waals surface area contributed by atoms with Crippen molar-refractivity contribution < 1.29 is 22.7 Å².